The van der Waals surface area contributed by atoms with Gasteiger partial charge < -0.3 is 55.5 Å². The fraction of sp³-hybridized carbons (Fsp3) is 0.792. The van der Waals surface area contributed by atoms with Crippen molar-refractivity contribution in [2.24, 2.45) is 39.4 Å². The molecule has 15 nitrogen and oxygen atoms in total. The van der Waals surface area contributed by atoms with Crippen LogP contribution in [0.3, 0.4) is 0 Å². The molecule has 16 N–H and O–H groups in total. The van der Waals surface area contributed by atoms with Crippen LogP contribution in [0.2, 0.25) is 0 Å². The Morgan fingerprint density at radius 3 is 1.46 bits per heavy atom. The van der Waals surface area contributed by atoms with Crippen molar-refractivity contribution in [3.05, 3.63) is 0 Å². The molecule has 0 heterocycles. The smallest absolute Gasteiger partial charge is 0.326 e. The number of nitrogens with two attached hydrogens (primary N) is 6. The summed E-state index contributed by atoms with van der Waals surface area (Å²) in [5, 5.41) is 17.4. The van der Waals surface area contributed by atoms with Gasteiger partial charge in [0.15, 0.2) is 5.96 Å². The molecule has 4 atom stereocenters. The molecule has 0 spiro atoms. The zero-order valence-corrected chi connectivity index (χ0v) is 22.9. The van der Waals surface area contributed by atoms with Crippen molar-refractivity contribution in [3.63, 3.8) is 0 Å². The van der Waals surface area contributed by atoms with Gasteiger partial charge in [-0.1, -0.05) is 6.42 Å². The second-order valence-electron chi connectivity index (χ2n) is 9.43. The molecular formula is C24H50N10O5. The molecule has 39 heavy (non-hydrogen) atoms. The second kappa shape index (κ2) is 21.9. The Labute approximate surface area is 230 Å². The zero-order chi connectivity index (χ0) is 29.6. The molecule has 15 heteroatoms. The fourth-order valence-electron chi connectivity index (χ4n) is 3.75. The van der Waals surface area contributed by atoms with Crippen LogP contribution in [0.5, 0.6) is 0 Å². The van der Waals surface area contributed by atoms with Crippen LogP contribution in [0.1, 0.15) is 70.6 Å². The molecule has 0 aromatic rings. The molecule has 0 aromatic heterocycles. The van der Waals surface area contributed by atoms with E-state index in [-0.39, 0.29) is 25.3 Å². The number of aliphatic carboxylic acids is 1. The molecule has 0 radical (unpaired) electrons. The zero-order valence-electron chi connectivity index (χ0n) is 22.9. The van der Waals surface area contributed by atoms with Gasteiger partial charge in [0.05, 0.1) is 6.04 Å². The number of nitrogens with zero attached hydrogens (tertiary/aromatic N) is 1. The van der Waals surface area contributed by atoms with E-state index in [0.717, 1.165) is 6.42 Å². The van der Waals surface area contributed by atoms with Crippen LogP contribution >= 0.6 is 0 Å². The lowest BCUT2D eigenvalue weighted by Gasteiger charge is -2.25. The van der Waals surface area contributed by atoms with Crippen molar-refractivity contribution in [3.8, 4) is 0 Å². The summed E-state index contributed by atoms with van der Waals surface area (Å²) in [6.45, 7) is 1.51. The molecule has 0 aliphatic carbocycles. The van der Waals surface area contributed by atoms with E-state index in [4.69, 9.17) is 34.4 Å². The molecule has 4 unspecified atom stereocenters. The highest BCUT2D eigenvalue weighted by atomic mass is 16.4. The number of carboxylic acids is 1. The summed E-state index contributed by atoms with van der Waals surface area (Å²) in [6.07, 6.45) is 5.09. The van der Waals surface area contributed by atoms with Crippen molar-refractivity contribution < 1.29 is 24.3 Å². The van der Waals surface area contributed by atoms with Gasteiger partial charge in [-0.25, -0.2) is 4.79 Å². The molecule has 3 amide bonds. The minimum atomic E-state index is -1.23. The monoisotopic (exact) mass is 558 g/mol. The lowest BCUT2D eigenvalue weighted by atomic mass is 10.0. The first-order valence-electron chi connectivity index (χ1n) is 13.6. The quantitative estimate of drug-likeness (QED) is 0.0349. The number of nitrogens with one attached hydrogen (secondary N) is 3. The second-order valence-corrected chi connectivity index (χ2v) is 9.43. The molecule has 0 aliphatic rings. The topological polar surface area (TPSA) is 293 Å². The van der Waals surface area contributed by atoms with Crippen LogP contribution in [0, 0.1) is 0 Å². The van der Waals surface area contributed by atoms with Crippen molar-refractivity contribution in [1.82, 2.24) is 16.0 Å². The molecule has 0 fully saturated rings. The summed E-state index contributed by atoms with van der Waals surface area (Å²) in [6, 6.07) is -3.98. The predicted molar refractivity (Wildman–Crippen MR) is 150 cm³/mol. The minimum absolute atomic E-state index is 0.0845. The summed E-state index contributed by atoms with van der Waals surface area (Å²) in [4.78, 5) is 54.5. The Balaban J connectivity index is 5.47. The number of carbonyl (C=O) groups excluding carboxylic acids is 3. The average molecular weight is 559 g/mol. The standard InChI is InChI=1S/C24H50N10O5/c25-12-4-1-8-16(28)20(35)32-17(9-2-5-13-26)21(36)33-18(10-3-6-14-27)22(37)34-19(23(38)39)11-7-15-31-24(29)30/h16-19H,1-15,25-28H2,(H,32,35)(H,33,36)(H,34,37)(H,38,39)(H4,29,30,31). The van der Waals surface area contributed by atoms with Gasteiger partial charge in [-0.2, -0.15) is 0 Å². The maximum absolute atomic E-state index is 13.2. The number of hydrogen-bond donors (Lipinski definition) is 10. The highest BCUT2D eigenvalue weighted by Gasteiger charge is 2.29. The van der Waals surface area contributed by atoms with E-state index in [1.165, 1.54) is 0 Å². The number of carbonyl (C=O) groups is 4. The first-order valence-corrected chi connectivity index (χ1v) is 13.6. The van der Waals surface area contributed by atoms with E-state index in [9.17, 15) is 24.3 Å². The Hall–Kier alpha value is -3.01. The predicted octanol–water partition coefficient (Wildman–Crippen LogP) is -2.71. The Kier molecular flexibility index (Phi) is 20.2. The lowest BCUT2D eigenvalue weighted by Crippen LogP contribution is -2.57. The normalized spacial score (nSPS) is 13.9. The van der Waals surface area contributed by atoms with Crippen molar-refractivity contribution in [1.29, 1.82) is 0 Å². The van der Waals surface area contributed by atoms with Crippen LogP contribution in [-0.2, 0) is 19.2 Å². The number of hydrogen-bond acceptors (Lipinski definition) is 9. The third-order valence-electron chi connectivity index (χ3n) is 6.03. The number of aliphatic imine (C=N–C) groups is 1. The van der Waals surface area contributed by atoms with Crippen LogP contribution in [0.15, 0.2) is 4.99 Å². The SMILES string of the molecule is NCCCCC(N)C(=O)NC(CCCCN)C(=O)NC(CCCCN)C(=O)NC(CCCN=C(N)N)C(=O)O. The molecule has 0 bridgehead atoms. The summed E-state index contributed by atoms with van der Waals surface area (Å²) in [5.74, 6) is -3.04. The first-order chi connectivity index (χ1) is 18.6. The molecule has 0 aliphatic heterocycles. The van der Waals surface area contributed by atoms with E-state index in [1.807, 2.05) is 0 Å². The van der Waals surface area contributed by atoms with Gasteiger partial charge in [-0.3, -0.25) is 19.4 Å². The molecule has 0 saturated heterocycles. The van der Waals surface area contributed by atoms with Crippen molar-refractivity contribution in [2.75, 3.05) is 26.2 Å². The maximum atomic E-state index is 13.2. The number of unbranched alkanes of at least 4 members (excludes halogenated alkanes) is 3. The van der Waals surface area contributed by atoms with Gasteiger partial charge in [0.2, 0.25) is 17.7 Å². The van der Waals surface area contributed by atoms with Gasteiger partial charge in [0.25, 0.3) is 0 Å². The maximum Gasteiger partial charge on any atom is 0.326 e. The molecule has 0 saturated carbocycles. The van der Waals surface area contributed by atoms with Gasteiger partial charge in [0, 0.05) is 6.54 Å². The summed E-state index contributed by atoms with van der Waals surface area (Å²) in [7, 11) is 0. The molecular weight excluding hydrogens is 508 g/mol. The first kappa shape index (κ1) is 36.0. The van der Waals surface area contributed by atoms with E-state index >= 15 is 0 Å². The van der Waals surface area contributed by atoms with Crippen LogP contribution in [0.25, 0.3) is 0 Å². The molecule has 0 rings (SSSR count). The van der Waals surface area contributed by atoms with Gasteiger partial charge in [0.1, 0.15) is 18.1 Å². The highest BCUT2D eigenvalue weighted by Crippen LogP contribution is 2.08. The highest BCUT2D eigenvalue weighted by molar-refractivity contribution is 5.94. The van der Waals surface area contributed by atoms with E-state index in [2.05, 4.69) is 20.9 Å². The van der Waals surface area contributed by atoms with Crippen LogP contribution in [-0.4, -0.2) is 85.1 Å². The Morgan fingerprint density at radius 1 is 0.615 bits per heavy atom. The lowest BCUT2D eigenvalue weighted by molar-refractivity contribution is -0.142. The van der Waals surface area contributed by atoms with Crippen LogP contribution < -0.4 is 50.4 Å². The van der Waals surface area contributed by atoms with Gasteiger partial charge in [-0.15, -0.1) is 0 Å². The summed E-state index contributed by atoms with van der Waals surface area (Å²) in [5.41, 5.74) is 33.2. The number of guanidine groups is 1. The van der Waals surface area contributed by atoms with Crippen molar-refractivity contribution in [2.45, 2.75) is 94.8 Å². The molecule has 226 valence electrons. The third kappa shape index (κ3) is 17.2. The summed E-state index contributed by atoms with van der Waals surface area (Å²) < 4.78 is 0. The third-order valence-corrected chi connectivity index (χ3v) is 6.03. The van der Waals surface area contributed by atoms with Crippen molar-refractivity contribution >= 4 is 29.7 Å². The number of carboxylic acid groups (broad SMARTS) is 1. The van der Waals surface area contributed by atoms with E-state index in [1.54, 1.807) is 0 Å². The average Bonchev–Trinajstić information content (AvgIpc) is 2.88. The van der Waals surface area contributed by atoms with Gasteiger partial charge in [-0.05, 0) is 83.8 Å². The largest absolute Gasteiger partial charge is 0.480 e. The Morgan fingerprint density at radius 2 is 1.03 bits per heavy atom. The Bertz CT molecular complexity index is 764. The minimum Gasteiger partial charge on any atom is -0.480 e. The van der Waals surface area contributed by atoms with E-state index in [0.29, 0.717) is 71.0 Å². The number of rotatable bonds is 23. The van der Waals surface area contributed by atoms with Crippen LogP contribution in [0.4, 0.5) is 0 Å². The van der Waals surface area contributed by atoms with Gasteiger partial charge >= 0.3 is 5.97 Å². The number of amides is 3. The van der Waals surface area contributed by atoms with E-state index < -0.39 is 47.9 Å². The molecule has 0 aromatic carbocycles. The fourth-order valence-corrected chi connectivity index (χ4v) is 3.75. The summed E-state index contributed by atoms with van der Waals surface area (Å²) >= 11 is 0.